The molecule has 3 nitrogen and oxygen atoms in total. The van der Waals surface area contributed by atoms with Crippen molar-refractivity contribution in [1.82, 2.24) is 0 Å². The van der Waals surface area contributed by atoms with Crippen LogP contribution in [0.3, 0.4) is 0 Å². The monoisotopic (exact) mass is 258 g/mol. The van der Waals surface area contributed by atoms with Crippen LogP contribution in [0.15, 0.2) is 28.5 Å². The van der Waals surface area contributed by atoms with Crippen molar-refractivity contribution in [2.24, 2.45) is 0 Å². The molecule has 0 saturated carbocycles. The van der Waals surface area contributed by atoms with Gasteiger partial charge in [0.2, 0.25) is 9.84 Å². The van der Waals surface area contributed by atoms with Gasteiger partial charge in [-0.1, -0.05) is 23.7 Å². The Morgan fingerprint density at radius 1 is 1.38 bits per heavy atom. The van der Waals surface area contributed by atoms with Crippen LogP contribution < -0.4 is 0 Å². The second kappa shape index (κ2) is 4.20. The minimum Gasteiger partial charge on any atom is -0.377 e. The third-order valence-corrected chi connectivity index (χ3v) is 4.39. The molecule has 2 rings (SSSR count). The molecule has 0 radical (unpaired) electrons. The Hall–Kier alpha value is -0.840. The molecule has 1 aromatic rings. The molecule has 1 heterocycles. The second-order valence-corrected chi connectivity index (χ2v) is 5.58. The molecule has 0 N–H and O–H groups in total. The first-order valence-corrected chi connectivity index (χ1v) is 6.81. The van der Waals surface area contributed by atoms with Crippen molar-refractivity contribution in [1.29, 1.82) is 0 Å². The fourth-order valence-electron chi connectivity index (χ4n) is 1.68. The lowest BCUT2D eigenvalue weighted by Crippen LogP contribution is -1.96. The van der Waals surface area contributed by atoms with Gasteiger partial charge in [-0.25, -0.2) is 8.42 Å². The second-order valence-electron chi connectivity index (χ2n) is 3.44. The quantitative estimate of drug-likeness (QED) is 0.837. The minimum atomic E-state index is -3.39. The zero-order valence-corrected chi connectivity index (χ0v) is 10.3. The predicted molar refractivity (Wildman–Crippen MR) is 63.1 cm³/mol. The SMILES string of the molecule is CCOCC1=CS(=O)(=O)c2c(Cl)cccc21. The van der Waals surface area contributed by atoms with E-state index in [1.54, 1.807) is 18.2 Å². The molecule has 0 unspecified atom stereocenters. The van der Waals surface area contributed by atoms with Gasteiger partial charge in [-0.15, -0.1) is 0 Å². The van der Waals surface area contributed by atoms with E-state index in [0.29, 0.717) is 24.4 Å². The molecular formula is C11H11ClO3S. The Labute approximate surface area is 99.6 Å². The Balaban J connectivity index is 2.52. The Kier molecular flexibility index (Phi) is 3.06. The van der Waals surface area contributed by atoms with Gasteiger partial charge < -0.3 is 4.74 Å². The molecule has 0 fully saturated rings. The Morgan fingerprint density at radius 2 is 2.12 bits per heavy atom. The highest BCUT2D eigenvalue weighted by Gasteiger charge is 2.29. The summed E-state index contributed by atoms with van der Waals surface area (Å²) >= 11 is 5.90. The van der Waals surface area contributed by atoms with Crippen LogP contribution in [-0.4, -0.2) is 21.6 Å². The van der Waals surface area contributed by atoms with Crippen molar-refractivity contribution in [3.8, 4) is 0 Å². The molecule has 0 saturated heterocycles. The first kappa shape index (κ1) is 11.6. The molecule has 1 aliphatic rings. The van der Waals surface area contributed by atoms with Crippen LogP contribution in [0, 0.1) is 0 Å². The van der Waals surface area contributed by atoms with Crippen molar-refractivity contribution >= 4 is 27.0 Å². The molecule has 0 aromatic heterocycles. The van der Waals surface area contributed by atoms with Gasteiger partial charge in [0.05, 0.1) is 16.5 Å². The van der Waals surface area contributed by atoms with Crippen molar-refractivity contribution < 1.29 is 13.2 Å². The van der Waals surface area contributed by atoms with Gasteiger partial charge in [0.15, 0.2) is 0 Å². The first-order valence-electron chi connectivity index (χ1n) is 4.88. The van der Waals surface area contributed by atoms with Crippen LogP contribution in [0.25, 0.3) is 5.57 Å². The largest absolute Gasteiger partial charge is 0.377 e. The molecule has 0 atom stereocenters. The first-order chi connectivity index (χ1) is 7.56. The normalized spacial score (nSPS) is 17.0. The number of sulfone groups is 1. The van der Waals surface area contributed by atoms with E-state index >= 15 is 0 Å². The number of benzene rings is 1. The molecule has 5 heteroatoms. The van der Waals surface area contributed by atoms with Gasteiger partial charge >= 0.3 is 0 Å². The number of hydrogen-bond acceptors (Lipinski definition) is 3. The number of hydrogen-bond donors (Lipinski definition) is 0. The Bertz CT molecular complexity index is 546. The van der Waals surface area contributed by atoms with Gasteiger partial charge in [-0.05, 0) is 18.6 Å². The van der Waals surface area contributed by atoms with Crippen molar-refractivity contribution in [2.75, 3.05) is 13.2 Å². The lowest BCUT2D eigenvalue weighted by atomic mass is 10.1. The summed E-state index contributed by atoms with van der Waals surface area (Å²) in [6, 6.07) is 5.06. The summed E-state index contributed by atoms with van der Waals surface area (Å²) in [6.45, 7) is 2.71. The third-order valence-electron chi connectivity index (χ3n) is 2.36. The van der Waals surface area contributed by atoms with E-state index in [2.05, 4.69) is 0 Å². The number of ether oxygens (including phenoxy) is 1. The summed E-state index contributed by atoms with van der Waals surface area (Å²) in [4.78, 5) is 0.200. The van der Waals surface area contributed by atoms with Crippen molar-refractivity contribution in [3.05, 3.63) is 34.2 Å². The van der Waals surface area contributed by atoms with E-state index in [-0.39, 0.29) is 9.92 Å². The maximum Gasteiger partial charge on any atom is 0.202 e. The summed E-state index contributed by atoms with van der Waals surface area (Å²) in [5.74, 6) is 0. The zero-order valence-electron chi connectivity index (χ0n) is 8.73. The summed E-state index contributed by atoms with van der Waals surface area (Å²) in [7, 11) is -3.39. The number of fused-ring (bicyclic) bond motifs is 1. The molecular weight excluding hydrogens is 248 g/mol. The summed E-state index contributed by atoms with van der Waals surface area (Å²) in [6.07, 6.45) is 0. The summed E-state index contributed by atoms with van der Waals surface area (Å²) in [5.41, 5.74) is 1.32. The highest BCUT2D eigenvalue weighted by molar-refractivity contribution is 7.95. The van der Waals surface area contributed by atoms with E-state index in [1.165, 1.54) is 5.41 Å². The van der Waals surface area contributed by atoms with Crippen molar-refractivity contribution in [3.63, 3.8) is 0 Å². The van der Waals surface area contributed by atoms with E-state index in [4.69, 9.17) is 16.3 Å². The molecule has 0 bridgehead atoms. The van der Waals surface area contributed by atoms with Crippen LogP contribution in [0.4, 0.5) is 0 Å². The Morgan fingerprint density at radius 3 is 2.81 bits per heavy atom. The van der Waals surface area contributed by atoms with Crippen molar-refractivity contribution in [2.45, 2.75) is 11.8 Å². The average molecular weight is 259 g/mol. The van der Waals surface area contributed by atoms with E-state index in [0.717, 1.165) is 0 Å². The summed E-state index contributed by atoms with van der Waals surface area (Å²) < 4.78 is 28.9. The summed E-state index contributed by atoms with van der Waals surface area (Å²) in [5, 5.41) is 1.50. The van der Waals surface area contributed by atoms with Crippen LogP contribution >= 0.6 is 11.6 Å². The van der Waals surface area contributed by atoms with Crippen LogP contribution in [0.2, 0.25) is 5.02 Å². The van der Waals surface area contributed by atoms with Gasteiger partial charge in [0, 0.05) is 17.6 Å². The lowest BCUT2D eigenvalue weighted by molar-refractivity contribution is 0.182. The zero-order chi connectivity index (χ0) is 11.8. The highest BCUT2D eigenvalue weighted by atomic mass is 35.5. The predicted octanol–water partition coefficient (Wildman–Crippen LogP) is 2.50. The maximum atomic E-state index is 11.8. The van der Waals surface area contributed by atoms with Gasteiger partial charge in [0.1, 0.15) is 0 Å². The van der Waals surface area contributed by atoms with E-state index in [9.17, 15) is 8.42 Å². The number of rotatable bonds is 3. The molecule has 0 aliphatic carbocycles. The van der Waals surface area contributed by atoms with Gasteiger partial charge in [-0.2, -0.15) is 0 Å². The molecule has 1 aromatic carbocycles. The van der Waals surface area contributed by atoms with Crippen LogP contribution in [-0.2, 0) is 14.6 Å². The van der Waals surface area contributed by atoms with Crippen LogP contribution in [0.1, 0.15) is 12.5 Å². The average Bonchev–Trinajstić information content (AvgIpc) is 2.49. The van der Waals surface area contributed by atoms with E-state index < -0.39 is 9.84 Å². The number of halogens is 1. The van der Waals surface area contributed by atoms with E-state index in [1.807, 2.05) is 6.92 Å². The lowest BCUT2D eigenvalue weighted by Gasteiger charge is -2.05. The minimum absolute atomic E-state index is 0.200. The maximum absolute atomic E-state index is 11.8. The molecule has 0 amide bonds. The fourth-order valence-corrected chi connectivity index (χ4v) is 3.71. The third kappa shape index (κ3) is 1.88. The standard InChI is InChI=1S/C11H11ClO3S/c1-2-15-6-8-7-16(13,14)11-9(8)4-3-5-10(11)12/h3-5,7H,2,6H2,1H3. The molecule has 16 heavy (non-hydrogen) atoms. The molecule has 0 spiro atoms. The van der Waals surface area contributed by atoms with Crippen LogP contribution in [0.5, 0.6) is 0 Å². The molecule has 1 aliphatic heterocycles. The highest BCUT2D eigenvalue weighted by Crippen LogP contribution is 2.37. The molecule has 86 valence electrons. The van der Waals surface area contributed by atoms with Gasteiger partial charge in [0.25, 0.3) is 0 Å². The fraction of sp³-hybridized carbons (Fsp3) is 0.273. The topological polar surface area (TPSA) is 43.4 Å². The van der Waals surface area contributed by atoms with Gasteiger partial charge in [-0.3, -0.25) is 0 Å². The smallest absolute Gasteiger partial charge is 0.202 e.